The summed E-state index contributed by atoms with van der Waals surface area (Å²) >= 11 is 0. The van der Waals surface area contributed by atoms with Gasteiger partial charge in [-0.25, -0.2) is 14.7 Å². The summed E-state index contributed by atoms with van der Waals surface area (Å²) in [4.78, 5) is 47.9. The average Bonchev–Trinajstić information content (AvgIpc) is 2.94. The van der Waals surface area contributed by atoms with Gasteiger partial charge in [-0.1, -0.05) is 31.9 Å². The van der Waals surface area contributed by atoms with Crippen molar-refractivity contribution in [2.24, 2.45) is 5.92 Å². The molecule has 1 spiro atoms. The third-order valence-corrected chi connectivity index (χ3v) is 6.46. The SMILES string of the molecule is CC[NH+](Cc1nc2ccccc2c(=O)[nH]1)CN1C(=O)N[C@@]2(CCCC[C@@H]2C)C1=O. The van der Waals surface area contributed by atoms with Gasteiger partial charge in [0.15, 0.2) is 12.5 Å². The number of H-pyrrole nitrogens is 1. The third kappa shape index (κ3) is 3.42. The van der Waals surface area contributed by atoms with Crippen LogP contribution in [0.1, 0.15) is 45.4 Å². The molecule has 8 heteroatoms. The zero-order valence-electron chi connectivity index (χ0n) is 17.0. The molecular formula is C21H28N5O3+. The van der Waals surface area contributed by atoms with Crippen LogP contribution in [0.4, 0.5) is 4.79 Å². The minimum Gasteiger partial charge on any atom is -0.323 e. The predicted molar refractivity (Wildman–Crippen MR) is 108 cm³/mol. The van der Waals surface area contributed by atoms with Gasteiger partial charge in [0, 0.05) is 0 Å². The molecule has 2 aromatic rings. The highest BCUT2D eigenvalue weighted by Crippen LogP contribution is 2.37. The van der Waals surface area contributed by atoms with E-state index < -0.39 is 5.54 Å². The van der Waals surface area contributed by atoms with Gasteiger partial charge >= 0.3 is 6.03 Å². The molecule has 1 unspecified atom stereocenters. The first kappa shape index (κ1) is 19.6. The first-order valence-corrected chi connectivity index (χ1v) is 10.4. The van der Waals surface area contributed by atoms with Crippen molar-refractivity contribution in [1.82, 2.24) is 20.2 Å². The molecule has 3 amide bonds. The maximum atomic E-state index is 13.2. The Morgan fingerprint density at radius 1 is 1.24 bits per heavy atom. The fourth-order valence-corrected chi connectivity index (χ4v) is 4.61. The first-order chi connectivity index (χ1) is 13.9. The maximum absolute atomic E-state index is 13.2. The normalized spacial score (nSPS) is 25.6. The second-order valence-electron chi connectivity index (χ2n) is 8.25. The van der Waals surface area contributed by atoms with Crippen LogP contribution >= 0.6 is 0 Å². The molecule has 1 aliphatic heterocycles. The van der Waals surface area contributed by atoms with Crippen LogP contribution in [0.3, 0.4) is 0 Å². The second kappa shape index (κ2) is 7.59. The number of fused-ring (bicyclic) bond motifs is 1. The average molecular weight is 398 g/mol. The summed E-state index contributed by atoms with van der Waals surface area (Å²) < 4.78 is 0. The van der Waals surface area contributed by atoms with Gasteiger partial charge in [-0.15, -0.1) is 0 Å². The first-order valence-electron chi connectivity index (χ1n) is 10.4. The lowest BCUT2D eigenvalue weighted by Crippen LogP contribution is -3.12. The van der Waals surface area contributed by atoms with Gasteiger partial charge in [0.05, 0.1) is 17.4 Å². The number of urea groups is 1. The Balaban J connectivity index is 1.53. The molecular weight excluding hydrogens is 370 g/mol. The number of carbonyl (C=O) groups is 2. The summed E-state index contributed by atoms with van der Waals surface area (Å²) in [7, 11) is 0. The van der Waals surface area contributed by atoms with Crippen molar-refractivity contribution >= 4 is 22.8 Å². The summed E-state index contributed by atoms with van der Waals surface area (Å²) in [5, 5.41) is 3.55. The Bertz CT molecular complexity index is 1000. The van der Waals surface area contributed by atoms with Crippen molar-refractivity contribution in [3.8, 4) is 0 Å². The number of quaternary nitrogens is 1. The lowest BCUT2D eigenvalue weighted by atomic mass is 9.73. The molecule has 154 valence electrons. The Labute approximate surface area is 169 Å². The van der Waals surface area contributed by atoms with Crippen molar-refractivity contribution in [1.29, 1.82) is 0 Å². The van der Waals surface area contributed by atoms with Crippen LogP contribution in [-0.2, 0) is 11.3 Å². The van der Waals surface area contributed by atoms with Gasteiger partial charge in [0.1, 0.15) is 12.1 Å². The second-order valence-corrected chi connectivity index (χ2v) is 8.25. The summed E-state index contributed by atoms with van der Waals surface area (Å²) in [5.41, 5.74) is -0.276. The van der Waals surface area contributed by atoms with Gasteiger partial charge in [-0.3, -0.25) is 9.59 Å². The highest BCUT2D eigenvalue weighted by Gasteiger charge is 2.55. The smallest absolute Gasteiger partial charge is 0.323 e. The molecule has 1 saturated heterocycles. The van der Waals surface area contributed by atoms with Gasteiger partial charge in [0.25, 0.3) is 11.5 Å². The van der Waals surface area contributed by atoms with E-state index in [4.69, 9.17) is 0 Å². The Kier molecular flexibility index (Phi) is 5.12. The minimum atomic E-state index is -0.746. The number of benzene rings is 1. The maximum Gasteiger partial charge on any atom is 0.329 e. The monoisotopic (exact) mass is 398 g/mol. The standard InChI is InChI=1S/C21H27N5O3/c1-3-25(12-17-22-16-10-5-4-9-15(16)18(27)23-17)13-26-19(28)21(24-20(26)29)11-7-6-8-14(21)2/h4-5,9-10,14H,3,6-8,11-13H2,1-2H3,(H,24,29)(H,22,23,27)/p+1/t14-,21+/m0/s1. The van der Waals surface area contributed by atoms with Crippen molar-refractivity contribution in [2.45, 2.75) is 51.6 Å². The lowest BCUT2D eigenvalue weighted by molar-refractivity contribution is -0.919. The number of nitrogens with one attached hydrogen (secondary N) is 3. The predicted octanol–water partition coefficient (Wildman–Crippen LogP) is 0.786. The van der Waals surface area contributed by atoms with E-state index in [0.29, 0.717) is 36.2 Å². The molecule has 0 bridgehead atoms. The van der Waals surface area contributed by atoms with Gasteiger partial charge < -0.3 is 15.2 Å². The number of imide groups is 1. The Morgan fingerprint density at radius 3 is 2.79 bits per heavy atom. The molecule has 2 heterocycles. The van der Waals surface area contributed by atoms with E-state index in [9.17, 15) is 14.4 Å². The van der Waals surface area contributed by atoms with Crippen LogP contribution in [-0.4, -0.2) is 45.6 Å². The fourth-order valence-electron chi connectivity index (χ4n) is 4.61. The van der Waals surface area contributed by atoms with E-state index in [1.54, 1.807) is 6.07 Å². The zero-order valence-corrected chi connectivity index (χ0v) is 17.0. The largest absolute Gasteiger partial charge is 0.329 e. The van der Waals surface area contributed by atoms with E-state index in [1.165, 1.54) is 4.90 Å². The molecule has 0 radical (unpaired) electrons. The highest BCUT2D eigenvalue weighted by atomic mass is 16.2. The van der Waals surface area contributed by atoms with Crippen molar-refractivity contribution in [3.63, 3.8) is 0 Å². The van der Waals surface area contributed by atoms with Crippen LogP contribution in [0.25, 0.3) is 10.9 Å². The summed E-state index contributed by atoms with van der Waals surface area (Å²) in [6.45, 7) is 5.42. The van der Waals surface area contributed by atoms with Crippen LogP contribution in [0.5, 0.6) is 0 Å². The molecule has 3 atom stereocenters. The molecule has 8 nitrogen and oxygen atoms in total. The van der Waals surface area contributed by atoms with Gasteiger partial charge in [-0.05, 0) is 37.8 Å². The number of amides is 3. The molecule has 3 N–H and O–H groups in total. The van der Waals surface area contributed by atoms with E-state index in [1.807, 2.05) is 25.1 Å². The summed E-state index contributed by atoms with van der Waals surface area (Å²) in [5.74, 6) is 0.584. The number of nitrogens with zero attached hydrogens (tertiary/aromatic N) is 2. The van der Waals surface area contributed by atoms with Crippen LogP contribution in [0.15, 0.2) is 29.1 Å². The minimum absolute atomic E-state index is 0.111. The molecule has 1 aromatic heterocycles. The van der Waals surface area contributed by atoms with E-state index >= 15 is 0 Å². The lowest BCUT2D eigenvalue weighted by Gasteiger charge is -2.36. The topological polar surface area (TPSA) is 99.6 Å². The number of carbonyl (C=O) groups excluding carboxylic acids is 2. The van der Waals surface area contributed by atoms with Crippen molar-refractivity contribution in [2.75, 3.05) is 13.2 Å². The molecule has 2 aliphatic rings. The molecule has 2 fully saturated rings. The Morgan fingerprint density at radius 2 is 2.03 bits per heavy atom. The number of para-hydroxylation sites is 1. The number of rotatable bonds is 5. The van der Waals surface area contributed by atoms with Crippen molar-refractivity contribution < 1.29 is 14.5 Å². The molecule has 4 rings (SSSR count). The van der Waals surface area contributed by atoms with Crippen LogP contribution in [0.2, 0.25) is 0 Å². The zero-order chi connectivity index (χ0) is 20.6. The third-order valence-electron chi connectivity index (χ3n) is 6.46. The Hall–Kier alpha value is -2.74. The van der Waals surface area contributed by atoms with E-state index in [2.05, 4.69) is 22.2 Å². The summed E-state index contributed by atoms with van der Waals surface area (Å²) in [6, 6.07) is 6.90. The highest BCUT2D eigenvalue weighted by molar-refractivity contribution is 6.07. The van der Waals surface area contributed by atoms with Crippen LogP contribution < -0.4 is 15.8 Å². The van der Waals surface area contributed by atoms with Gasteiger partial charge in [0.2, 0.25) is 0 Å². The van der Waals surface area contributed by atoms with Crippen molar-refractivity contribution in [3.05, 3.63) is 40.4 Å². The van der Waals surface area contributed by atoms with E-state index in [0.717, 1.165) is 24.2 Å². The van der Waals surface area contributed by atoms with E-state index in [-0.39, 0.29) is 30.1 Å². The number of hydrogen-bond acceptors (Lipinski definition) is 4. The molecule has 1 aromatic carbocycles. The molecule has 1 saturated carbocycles. The number of aromatic amines is 1. The molecule has 1 aliphatic carbocycles. The quantitative estimate of drug-likeness (QED) is 0.649. The molecule has 29 heavy (non-hydrogen) atoms. The van der Waals surface area contributed by atoms with Crippen LogP contribution in [0, 0.1) is 5.92 Å². The number of hydrogen-bond donors (Lipinski definition) is 3. The summed E-state index contributed by atoms with van der Waals surface area (Å²) in [6.07, 6.45) is 3.71. The van der Waals surface area contributed by atoms with Gasteiger partial charge in [-0.2, -0.15) is 0 Å². The number of aromatic nitrogens is 2. The fraction of sp³-hybridized carbons (Fsp3) is 0.524.